The standard InChI is InChI=1S/C11H11BrFN3S/c1-2-14-11(9-6-17-16-15-9)7-4-3-5-8(12)10(7)13/h3-6,11,14H,2H2,1H3. The molecule has 1 heterocycles. The van der Waals surface area contributed by atoms with Crippen molar-refractivity contribution < 1.29 is 4.39 Å². The molecule has 1 aromatic carbocycles. The highest BCUT2D eigenvalue weighted by Crippen LogP contribution is 2.27. The molecule has 0 aliphatic heterocycles. The second-order valence-electron chi connectivity index (χ2n) is 3.46. The van der Waals surface area contributed by atoms with E-state index in [1.54, 1.807) is 12.1 Å². The fraction of sp³-hybridized carbons (Fsp3) is 0.273. The molecule has 0 aliphatic rings. The number of rotatable bonds is 4. The summed E-state index contributed by atoms with van der Waals surface area (Å²) < 4.78 is 18.3. The maximum atomic E-state index is 14.0. The molecular weight excluding hydrogens is 305 g/mol. The summed E-state index contributed by atoms with van der Waals surface area (Å²) in [5, 5.41) is 9.05. The second kappa shape index (κ2) is 5.66. The summed E-state index contributed by atoms with van der Waals surface area (Å²) in [5.74, 6) is -0.258. The topological polar surface area (TPSA) is 37.8 Å². The SMILES string of the molecule is CCNC(c1csnn1)c1cccc(Br)c1F. The van der Waals surface area contributed by atoms with E-state index in [-0.39, 0.29) is 11.9 Å². The van der Waals surface area contributed by atoms with Crippen LogP contribution in [0.15, 0.2) is 28.1 Å². The molecule has 0 fully saturated rings. The van der Waals surface area contributed by atoms with Gasteiger partial charge in [0.1, 0.15) is 5.82 Å². The van der Waals surface area contributed by atoms with Gasteiger partial charge in [0.15, 0.2) is 0 Å². The lowest BCUT2D eigenvalue weighted by atomic mass is 10.0. The van der Waals surface area contributed by atoms with Crippen molar-refractivity contribution in [2.45, 2.75) is 13.0 Å². The van der Waals surface area contributed by atoms with Crippen LogP contribution in [0.2, 0.25) is 0 Å². The molecule has 0 saturated heterocycles. The van der Waals surface area contributed by atoms with Gasteiger partial charge in [0.2, 0.25) is 0 Å². The molecule has 1 N–H and O–H groups in total. The van der Waals surface area contributed by atoms with Crippen molar-refractivity contribution in [2.24, 2.45) is 0 Å². The first-order chi connectivity index (χ1) is 8.24. The number of halogens is 2. The van der Waals surface area contributed by atoms with Gasteiger partial charge in [0.25, 0.3) is 0 Å². The molecule has 0 aliphatic carbocycles. The van der Waals surface area contributed by atoms with Crippen LogP contribution >= 0.6 is 27.5 Å². The predicted molar refractivity (Wildman–Crippen MR) is 69.5 cm³/mol. The van der Waals surface area contributed by atoms with E-state index < -0.39 is 0 Å². The average molecular weight is 316 g/mol. The Morgan fingerprint density at radius 3 is 3.00 bits per heavy atom. The monoisotopic (exact) mass is 315 g/mol. The summed E-state index contributed by atoms with van der Waals surface area (Å²) in [4.78, 5) is 0. The third kappa shape index (κ3) is 2.70. The van der Waals surface area contributed by atoms with Gasteiger partial charge >= 0.3 is 0 Å². The van der Waals surface area contributed by atoms with Gasteiger partial charge in [0.05, 0.1) is 16.2 Å². The Bertz CT molecular complexity index is 489. The number of hydrogen-bond donors (Lipinski definition) is 1. The molecule has 2 rings (SSSR count). The molecule has 90 valence electrons. The number of benzene rings is 1. The zero-order valence-electron chi connectivity index (χ0n) is 9.15. The van der Waals surface area contributed by atoms with E-state index in [9.17, 15) is 4.39 Å². The minimum atomic E-state index is -0.258. The van der Waals surface area contributed by atoms with Gasteiger partial charge in [-0.1, -0.05) is 23.5 Å². The lowest BCUT2D eigenvalue weighted by Crippen LogP contribution is -2.23. The Kier molecular flexibility index (Phi) is 4.20. The molecule has 2 aromatic rings. The zero-order chi connectivity index (χ0) is 12.3. The van der Waals surface area contributed by atoms with Gasteiger partial charge in [-0.25, -0.2) is 4.39 Å². The van der Waals surface area contributed by atoms with E-state index >= 15 is 0 Å². The normalized spacial score (nSPS) is 12.6. The van der Waals surface area contributed by atoms with Crippen LogP contribution in [0.4, 0.5) is 4.39 Å². The van der Waals surface area contributed by atoms with E-state index in [2.05, 4.69) is 30.8 Å². The van der Waals surface area contributed by atoms with Crippen LogP contribution in [0.5, 0.6) is 0 Å². The highest BCUT2D eigenvalue weighted by atomic mass is 79.9. The van der Waals surface area contributed by atoms with Crippen LogP contribution in [0.25, 0.3) is 0 Å². The lowest BCUT2D eigenvalue weighted by Gasteiger charge is -2.16. The fourth-order valence-corrected chi connectivity index (χ4v) is 2.48. The summed E-state index contributed by atoms with van der Waals surface area (Å²) in [7, 11) is 0. The number of hydrogen-bond acceptors (Lipinski definition) is 4. The largest absolute Gasteiger partial charge is 0.305 e. The van der Waals surface area contributed by atoms with Gasteiger partial charge in [-0.3, -0.25) is 0 Å². The smallest absolute Gasteiger partial charge is 0.142 e. The highest BCUT2D eigenvalue weighted by molar-refractivity contribution is 9.10. The Balaban J connectivity index is 2.43. The van der Waals surface area contributed by atoms with Crippen molar-refractivity contribution in [3.8, 4) is 0 Å². The van der Waals surface area contributed by atoms with Crippen molar-refractivity contribution in [3.63, 3.8) is 0 Å². The summed E-state index contributed by atoms with van der Waals surface area (Å²) in [6.45, 7) is 2.71. The maximum Gasteiger partial charge on any atom is 0.142 e. The third-order valence-electron chi connectivity index (χ3n) is 2.37. The molecule has 6 heteroatoms. The van der Waals surface area contributed by atoms with Crippen LogP contribution in [0.1, 0.15) is 24.2 Å². The van der Waals surface area contributed by atoms with Crippen LogP contribution in [-0.4, -0.2) is 16.1 Å². The zero-order valence-corrected chi connectivity index (χ0v) is 11.6. The van der Waals surface area contributed by atoms with E-state index in [0.717, 1.165) is 12.2 Å². The Morgan fingerprint density at radius 2 is 2.35 bits per heavy atom. The van der Waals surface area contributed by atoms with E-state index in [0.29, 0.717) is 10.0 Å². The first-order valence-corrected chi connectivity index (χ1v) is 6.81. The molecular formula is C11H11BrFN3S. The average Bonchev–Trinajstić information content (AvgIpc) is 2.84. The summed E-state index contributed by atoms with van der Waals surface area (Å²) >= 11 is 4.46. The molecule has 17 heavy (non-hydrogen) atoms. The van der Waals surface area contributed by atoms with Gasteiger partial charge in [-0.15, -0.1) is 5.10 Å². The molecule has 0 radical (unpaired) electrons. The first-order valence-electron chi connectivity index (χ1n) is 5.18. The number of nitrogens with one attached hydrogen (secondary N) is 1. The van der Waals surface area contributed by atoms with Gasteiger partial charge < -0.3 is 5.32 Å². The molecule has 0 saturated carbocycles. The van der Waals surface area contributed by atoms with Crippen LogP contribution < -0.4 is 5.32 Å². The molecule has 3 nitrogen and oxygen atoms in total. The van der Waals surface area contributed by atoms with E-state index in [1.807, 2.05) is 18.4 Å². The number of aromatic nitrogens is 2. The predicted octanol–water partition coefficient (Wildman–Crippen LogP) is 3.14. The van der Waals surface area contributed by atoms with E-state index in [4.69, 9.17) is 0 Å². The minimum absolute atomic E-state index is 0.253. The first kappa shape index (κ1) is 12.6. The minimum Gasteiger partial charge on any atom is -0.305 e. The van der Waals surface area contributed by atoms with Gasteiger partial charge in [0, 0.05) is 10.9 Å². The lowest BCUT2D eigenvalue weighted by molar-refractivity contribution is 0.547. The van der Waals surface area contributed by atoms with Crippen molar-refractivity contribution >= 4 is 27.5 Å². The van der Waals surface area contributed by atoms with Crippen molar-refractivity contribution in [3.05, 3.63) is 45.1 Å². The maximum absolute atomic E-state index is 14.0. The Morgan fingerprint density at radius 1 is 1.53 bits per heavy atom. The Hall–Kier alpha value is -0.850. The fourth-order valence-electron chi connectivity index (χ4n) is 1.62. The van der Waals surface area contributed by atoms with Crippen molar-refractivity contribution in [1.29, 1.82) is 0 Å². The second-order valence-corrected chi connectivity index (χ2v) is 4.93. The summed E-state index contributed by atoms with van der Waals surface area (Å²) in [5.41, 5.74) is 1.32. The summed E-state index contributed by atoms with van der Waals surface area (Å²) in [6, 6.07) is 5.00. The third-order valence-corrected chi connectivity index (χ3v) is 3.51. The molecule has 1 atom stereocenters. The molecule has 1 aromatic heterocycles. The van der Waals surface area contributed by atoms with Crippen molar-refractivity contribution in [1.82, 2.24) is 14.9 Å². The molecule has 0 spiro atoms. The van der Waals surface area contributed by atoms with Crippen LogP contribution in [0, 0.1) is 5.82 Å². The summed E-state index contributed by atoms with van der Waals surface area (Å²) in [6.07, 6.45) is 0. The quantitative estimate of drug-likeness (QED) is 0.942. The molecule has 0 bridgehead atoms. The van der Waals surface area contributed by atoms with E-state index in [1.165, 1.54) is 11.5 Å². The molecule has 1 unspecified atom stereocenters. The highest BCUT2D eigenvalue weighted by Gasteiger charge is 2.20. The van der Waals surface area contributed by atoms with Gasteiger partial charge in [-0.05, 0) is 40.1 Å². The number of nitrogens with zero attached hydrogens (tertiary/aromatic N) is 2. The van der Waals surface area contributed by atoms with Crippen molar-refractivity contribution in [2.75, 3.05) is 6.54 Å². The van der Waals surface area contributed by atoms with Gasteiger partial charge in [-0.2, -0.15) is 0 Å². The Labute approximate surface area is 111 Å². The molecule has 0 amide bonds. The van der Waals surface area contributed by atoms with Crippen LogP contribution in [0.3, 0.4) is 0 Å². The van der Waals surface area contributed by atoms with Crippen LogP contribution in [-0.2, 0) is 0 Å².